The molecule has 1 nitrogen and oxygen atoms in total. The van der Waals surface area contributed by atoms with Crippen LogP contribution in [0.5, 0.6) is 0 Å². The predicted octanol–water partition coefficient (Wildman–Crippen LogP) is 3.13. The minimum atomic E-state index is -3.11. The minimum absolute atomic E-state index is 0.144. The van der Waals surface area contributed by atoms with Crippen molar-refractivity contribution in [2.75, 3.05) is 0 Å². The van der Waals surface area contributed by atoms with Crippen LogP contribution in [0.2, 0.25) is 44.6 Å². The van der Waals surface area contributed by atoms with Gasteiger partial charge in [-0.2, -0.15) is 0 Å². The Morgan fingerprint density at radius 2 is 1.36 bits per heavy atom. The van der Waals surface area contributed by atoms with E-state index in [2.05, 4.69) is 6.92 Å². The van der Waals surface area contributed by atoms with Crippen LogP contribution in [0, 0.1) is 0 Å². The molecule has 10 aliphatic rings. The summed E-state index contributed by atoms with van der Waals surface area (Å²) < 4.78 is 13.2. The molecule has 10 rings (SSSR count). The fraction of sp³-hybridized carbons (Fsp3) is 1.00. The monoisotopic (exact) mass is 276 g/mol. The van der Waals surface area contributed by atoms with E-state index in [1.165, 1.54) is 40.6 Å². The molecule has 14 heavy (non-hydrogen) atoms. The van der Waals surface area contributed by atoms with Gasteiger partial charge in [-0.3, -0.25) is 0 Å². The Bertz CT molecular complexity index is 800. The topological polar surface area (TPSA) is 20.2 Å². The molecule has 5 unspecified atom stereocenters. The van der Waals surface area contributed by atoms with Crippen molar-refractivity contribution in [3.63, 3.8) is 0 Å². The number of aliphatic hydroxyl groups excluding tert-OH is 1. The van der Waals surface area contributed by atoms with E-state index < -0.39 is 7.72 Å². The summed E-state index contributed by atoms with van der Waals surface area (Å²) in [5.74, 6) is 0. The fourth-order valence-corrected chi connectivity index (χ4v) is 153. The van der Waals surface area contributed by atoms with Crippen LogP contribution in [0.4, 0.5) is 0 Å². The fourth-order valence-electron chi connectivity index (χ4n) is 17.5. The van der Waals surface area contributed by atoms with Crippen molar-refractivity contribution >= 4 is 0 Å². The first kappa shape index (κ1) is 4.84. The normalized spacial score (nSPS) is 145. The average molecular weight is 275 g/mol. The van der Waals surface area contributed by atoms with Crippen molar-refractivity contribution in [3.05, 3.63) is 0 Å². The molecule has 0 aromatic carbocycles. The Hall–Kier alpha value is 0.583. The van der Waals surface area contributed by atoms with Crippen LogP contribution < -0.4 is 0 Å². The summed E-state index contributed by atoms with van der Waals surface area (Å²) in [5.41, 5.74) is 0. The van der Waals surface area contributed by atoms with E-state index in [1.807, 2.05) is 0 Å². The summed E-state index contributed by atoms with van der Waals surface area (Å²) in [6, 6.07) is 0. The predicted molar refractivity (Wildman–Crippen MR) is 48.1 cm³/mol. The maximum atomic E-state index is 10.4. The first-order chi connectivity index (χ1) is 6.49. The average Bonchev–Trinajstić information content (AvgIpc) is 3.13. The van der Waals surface area contributed by atoms with Gasteiger partial charge >= 0.3 is 70.5 Å². The number of fused-ring (bicyclic) bond motifs is 10. The molecule has 0 saturated carbocycles. The Kier molecular flexibility index (Phi) is 0.112. The second-order valence-corrected chi connectivity index (χ2v) is 47.6. The van der Waals surface area contributed by atoms with E-state index in [9.17, 15) is 5.11 Å². The summed E-state index contributed by atoms with van der Waals surface area (Å²) in [6.07, 6.45) is 0.144. The Morgan fingerprint density at radius 3 is 1.43 bits per heavy atom. The maximum absolute atomic E-state index is 10.4. The van der Waals surface area contributed by atoms with E-state index in [-0.39, 0.29) is 6.10 Å². The van der Waals surface area contributed by atoms with Crippen molar-refractivity contribution in [2.45, 2.75) is 57.6 Å². The van der Waals surface area contributed by atoms with Gasteiger partial charge in [-0.25, -0.2) is 0 Å². The van der Waals surface area contributed by atoms with Crippen molar-refractivity contribution in [3.8, 4) is 0 Å². The molecule has 0 radical (unpaired) electrons. The number of aliphatic hydroxyl groups is 1. The van der Waals surface area contributed by atoms with Gasteiger partial charge in [0.1, 0.15) is 0 Å². The molecule has 0 aromatic rings. The standard InChI is InChI=1S/C7H9O.C5H5.Ru/c1-6(8)7-4-2-3-5-7;1-2-4-5-3-1;/h2-6,8H,1H3;1-5H;. The van der Waals surface area contributed by atoms with E-state index in [4.69, 9.17) is 0 Å². The van der Waals surface area contributed by atoms with Crippen molar-refractivity contribution in [1.29, 1.82) is 0 Å². The van der Waals surface area contributed by atoms with Crippen LogP contribution in [-0.2, 0) is 7.72 Å². The molecular weight excluding hydrogens is 261 g/mol. The van der Waals surface area contributed by atoms with Crippen molar-refractivity contribution < 1.29 is 12.8 Å². The first-order valence-corrected chi connectivity index (χ1v) is 16.3. The molecule has 0 aliphatic carbocycles. The molecule has 76 valence electrons. The third kappa shape index (κ3) is 0.0350. The quantitative estimate of drug-likeness (QED) is 0.729. The SMILES string of the molecule is CC(O)[C]12[CH]3[CH]4[CH]5[CH]1[Ru]45321678[CH]2[CH]1[CH]6[CH]7[CH]28. The second-order valence-electron chi connectivity index (χ2n) is 10.4. The van der Waals surface area contributed by atoms with Gasteiger partial charge < -0.3 is 0 Å². The summed E-state index contributed by atoms with van der Waals surface area (Å²) in [4.78, 5) is 0. The van der Waals surface area contributed by atoms with Crippen molar-refractivity contribution in [1.82, 2.24) is 0 Å². The van der Waals surface area contributed by atoms with Crippen LogP contribution in [0.3, 0.4) is 0 Å². The Morgan fingerprint density at radius 1 is 0.929 bits per heavy atom. The van der Waals surface area contributed by atoms with Gasteiger partial charge in [0.15, 0.2) is 0 Å². The van der Waals surface area contributed by atoms with Crippen LogP contribution >= 0.6 is 0 Å². The van der Waals surface area contributed by atoms with Gasteiger partial charge in [0.25, 0.3) is 0 Å². The van der Waals surface area contributed by atoms with Crippen LogP contribution in [-0.4, -0.2) is 11.2 Å². The zero-order valence-electron chi connectivity index (χ0n) is 8.07. The second kappa shape index (κ2) is 0.323. The zero-order chi connectivity index (χ0) is 8.59. The van der Waals surface area contributed by atoms with E-state index >= 15 is 0 Å². The van der Waals surface area contributed by atoms with Gasteiger partial charge in [-0.05, 0) is 0 Å². The van der Waals surface area contributed by atoms with Gasteiger partial charge in [-0.1, -0.05) is 0 Å². The molecule has 0 aromatic heterocycles. The Balaban J connectivity index is 1.94. The molecular formula is C12H14ORu. The number of hydrogen-bond donors (Lipinski definition) is 1. The molecule has 10 fully saturated rings. The van der Waals surface area contributed by atoms with E-state index in [0.717, 1.165) is 4.01 Å². The Labute approximate surface area is 70.6 Å². The zero-order valence-corrected chi connectivity index (χ0v) is 9.81. The molecule has 1 N–H and O–H groups in total. The van der Waals surface area contributed by atoms with Gasteiger partial charge in [0, 0.05) is 0 Å². The summed E-state index contributed by atoms with van der Waals surface area (Å²) in [6.45, 7) is 2.19. The first-order valence-electron chi connectivity index (χ1n) is 6.38. The van der Waals surface area contributed by atoms with Crippen LogP contribution in [0.15, 0.2) is 0 Å². The van der Waals surface area contributed by atoms with Gasteiger partial charge in [0.2, 0.25) is 0 Å². The molecule has 10 aliphatic heterocycles. The van der Waals surface area contributed by atoms with E-state index in [0.29, 0.717) is 0 Å². The van der Waals surface area contributed by atoms with Crippen LogP contribution in [0.25, 0.3) is 0 Å². The molecule has 0 amide bonds. The molecule has 2 heteroatoms. The number of hydrogen-bond acceptors (Lipinski definition) is 1. The molecule has 10 heterocycles. The molecule has 1 spiro atoms. The van der Waals surface area contributed by atoms with Gasteiger partial charge in [-0.15, -0.1) is 0 Å². The third-order valence-corrected chi connectivity index (χ3v) is 82.8. The summed E-state index contributed by atoms with van der Waals surface area (Å²) in [5, 5.41) is 10.4. The van der Waals surface area contributed by atoms with Gasteiger partial charge in [0.05, 0.1) is 0 Å². The molecule has 5 atom stereocenters. The summed E-state index contributed by atoms with van der Waals surface area (Å²) >= 11 is 0. The van der Waals surface area contributed by atoms with E-state index in [1.54, 1.807) is 0 Å². The summed E-state index contributed by atoms with van der Waals surface area (Å²) in [7, 11) is -3.11. The molecule has 0 bridgehead atoms. The molecule has 10 saturated heterocycles. The van der Waals surface area contributed by atoms with Crippen LogP contribution in [0.1, 0.15) is 6.92 Å². The third-order valence-electron chi connectivity index (χ3n) is 15.4. The number of rotatable bonds is 1. The van der Waals surface area contributed by atoms with Crippen molar-refractivity contribution in [2.24, 2.45) is 0 Å².